The number of nitrogens with zero attached hydrogens (tertiary/aromatic N) is 2. The number of aromatic nitrogens is 1. The summed E-state index contributed by atoms with van der Waals surface area (Å²) in [5.74, 6) is -0.360. The van der Waals surface area contributed by atoms with Gasteiger partial charge in [0.25, 0.3) is 11.8 Å². The zero-order valence-corrected chi connectivity index (χ0v) is 21.2. The number of halogens is 1. The van der Waals surface area contributed by atoms with Gasteiger partial charge in [0.1, 0.15) is 11.1 Å². The molecule has 4 rings (SSSR count). The highest BCUT2D eigenvalue weighted by Gasteiger charge is 2.34. The van der Waals surface area contributed by atoms with Crippen molar-refractivity contribution in [3.05, 3.63) is 64.3 Å². The number of hydrogen-bond donors (Lipinski definition) is 1. The van der Waals surface area contributed by atoms with Gasteiger partial charge in [0.2, 0.25) is 0 Å². The molecule has 0 unspecified atom stereocenters. The molecule has 0 saturated carbocycles. The van der Waals surface area contributed by atoms with E-state index in [1.165, 1.54) is 16.8 Å². The minimum atomic E-state index is -0.465. The van der Waals surface area contributed by atoms with Crippen molar-refractivity contribution in [2.45, 2.75) is 32.7 Å². The Labute approximate surface area is 212 Å². The van der Waals surface area contributed by atoms with Crippen LogP contribution in [-0.2, 0) is 20.9 Å². The van der Waals surface area contributed by atoms with Crippen molar-refractivity contribution in [2.24, 2.45) is 0 Å². The summed E-state index contributed by atoms with van der Waals surface area (Å²) in [7, 11) is 0. The van der Waals surface area contributed by atoms with Crippen molar-refractivity contribution in [3.8, 4) is 5.75 Å². The SMILES string of the molecule is CCOC(=O)c1c(C)n(CC)c2ccc(OCC(=O)NN3C(=O)CS[C@@H]3c3ccc(Cl)cc3)cc12. The monoisotopic (exact) mass is 515 g/mol. The average molecular weight is 516 g/mol. The maximum absolute atomic E-state index is 12.6. The normalized spacial score (nSPS) is 15.5. The number of fused-ring (bicyclic) bond motifs is 1. The highest BCUT2D eigenvalue weighted by atomic mass is 35.5. The number of hydrogen-bond acceptors (Lipinski definition) is 6. The fourth-order valence-electron chi connectivity index (χ4n) is 4.15. The van der Waals surface area contributed by atoms with Crippen LogP contribution in [0.15, 0.2) is 42.5 Å². The van der Waals surface area contributed by atoms with Crippen molar-refractivity contribution in [1.82, 2.24) is 15.0 Å². The lowest BCUT2D eigenvalue weighted by Crippen LogP contribution is -2.46. The number of hydrazine groups is 1. The zero-order chi connectivity index (χ0) is 25.1. The quantitative estimate of drug-likeness (QED) is 0.445. The number of rotatable bonds is 8. The molecule has 0 bridgehead atoms. The summed E-state index contributed by atoms with van der Waals surface area (Å²) < 4.78 is 13.0. The van der Waals surface area contributed by atoms with Crippen LogP contribution in [0.25, 0.3) is 10.9 Å². The molecular weight excluding hydrogens is 490 g/mol. The van der Waals surface area contributed by atoms with Crippen molar-refractivity contribution in [1.29, 1.82) is 0 Å². The number of carbonyl (C=O) groups excluding carboxylic acids is 3. The second kappa shape index (κ2) is 10.6. The zero-order valence-electron chi connectivity index (χ0n) is 19.7. The van der Waals surface area contributed by atoms with Crippen LogP contribution >= 0.6 is 23.4 Å². The highest BCUT2D eigenvalue weighted by molar-refractivity contribution is 8.00. The van der Waals surface area contributed by atoms with Crippen molar-refractivity contribution in [3.63, 3.8) is 0 Å². The molecule has 1 aromatic heterocycles. The Balaban J connectivity index is 1.48. The molecule has 184 valence electrons. The topological polar surface area (TPSA) is 89.9 Å². The molecule has 10 heteroatoms. The van der Waals surface area contributed by atoms with E-state index < -0.39 is 11.9 Å². The number of nitrogens with one attached hydrogen (secondary N) is 1. The minimum Gasteiger partial charge on any atom is -0.484 e. The van der Waals surface area contributed by atoms with E-state index in [9.17, 15) is 14.4 Å². The molecule has 2 heterocycles. The van der Waals surface area contributed by atoms with Crippen LogP contribution in [0.3, 0.4) is 0 Å². The van der Waals surface area contributed by atoms with Crippen molar-refractivity contribution in [2.75, 3.05) is 19.0 Å². The maximum Gasteiger partial charge on any atom is 0.340 e. The third-order valence-corrected chi connectivity index (χ3v) is 7.19. The van der Waals surface area contributed by atoms with Crippen LogP contribution in [0.2, 0.25) is 5.02 Å². The fraction of sp³-hybridized carbons (Fsp3) is 0.320. The van der Waals surface area contributed by atoms with Crippen LogP contribution in [0, 0.1) is 6.92 Å². The fourth-order valence-corrected chi connectivity index (χ4v) is 5.39. The van der Waals surface area contributed by atoms with E-state index in [1.807, 2.05) is 36.6 Å². The molecule has 8 nitrogen and oxygen atoms in total. The molecule has 1 N–H and O–H groups in total. The Kier molecular flexibility index (Phi) is 7.57. The van der Waals surface area contributed by atoms with Gasteiger partial charge >= 0.3 is 5.97 Å². The maximum atomic E-state index is 12.6. The molecule has 0 aliphatic carbocycles. The second-order valence-electron chi connectivity index (χ2n) is 7.91. The summed E-state index contributed by atoms with van der Waals surface area (Å²) in [6, 6.07) is 12.5. The molecule has 1 fully saturated rings. The first kappa shape index (κ1) is 24.9. The van der Waals surface area contributed by atoms with Crippen LogP contribution in [0.5, 0.6) is 5.75 Å². The van der Waals surface area contributed by atoms with Crippen LogP contribution in [0.4, 0.5) is 0 Å². The third-order valence-electron chi connectivity index (χ3n) is 5.73. The Morgan fingerprint density at radius 1 is 1.17 bits per heavy atom. The van der Waals surface area contributed by atoms with Gasteiger partial charge in [0, 0.05) is 28.2 Å². The Hall–Kier alpha value is -3.17. The highest BCUT2D eigenvalue weighted by Crippen LogP contribution is 2.37. The van der Waals surface area contributed by atoms with Crippen LogP contribution < -0.4 is 10.2 Å². The smallest absolute Gasteiger partial charge is 0.340 e. The summed E-state index contributed by atoms with van der Waals surface area (Å²) in [6.45, 7) is 6.33. The number of ether oxygens (including phenoxy) is 2. The van der Waals surface area contributed by atoms with E-state index in [0.29, 0.717) is 28.3 Å². The van der Waals surface area contributed by atoms with Gasteiger partial charge in [0.05, 0.1) is 17.9 Å². The first-order valence-corrected chi connectivity index (χ1v) is 12.7. The molecule has 0 radical (unpaired) electrons. The van der Waals surface area contributed by atoms with Gasteiger partial charge in [-0.25, -0.2) is 9.80 Å². The molecule has 2 aromatic carbocycles. The summed E-state index contributed by atoms with van der Waals surface area (Å²) in [4.78, 5) is 37.6. The van der Waals surface area contributed by atoms with Crippen LogP contribution in [-0.4, -0.2) is 46.3 Å². The number of amides is 2. The van der Waals surface area contributed by atoms with Crippen molar-refractivity contribution < 1.29 is 23.9 Å². The Bertz CT molecular complexity index is 1270. The molecule has 1 aliphatic rings. The number of benzene rings is 2. The second-order valence-corrected chi connectivity index (χ2v) is 9.41. The number of aryl methyl sites for hydroxylation is 1. The molecule has 1 aliphatic heterocycles. The molecule has 3 aromatic rings. The van der Waals surface area contributed by atoms with Gasteiger partial charge in [-0.1, -0.05) is 23.7 Å². The van der Waals surface area contributed by atoms with E-state index in [4.69, 9.17) is 21.1 Å². The largest absolute Gasteiger partial charge is 0.484 e. The van der Waals surface area contributed by atoms with Crippen LogP contribution in [0.1, 0.15) is 40.8 Å². The van der Waals surface area contributed by atoms with E-state index in [0.717, 1.165) is 16.8 Å². The molecular formula is C25H26ClN3O5S. The Morgan fingerprint density at radius 2 is 1.91 bits per heavy atom. The van der Waals surface area contributed by atoms with Gasteiger partial charge in [-0.3, -0.25) is 15.0 Å². The van der Waals surface area contributed by atoms with Crippen molar-refractivity contribution >= 4 is 52.0 Å². The number of thioether (sulfide) groups is 1. The number of esters is 1. The number of carbonyl (C=O) groups is 3. The molecule has 1 atom stereocenters. The first-order chi connectivity index (χ1) is 16.8. The lowest BCUT2D eigenvalue weighted by Gasteiger charge is -2.24. The van der Waals surface area contributed by atoms with E-state index >= 15 is 0 Å². The summed E-state index contributed by atoms with van der Waals surface area (Å²) in [5, 5.41) is 2.28. The molecule has 35 heavy (non-hydrogen) atoms. The van der Waals surface area contributed by atoms with E-state index in [2.05, 4.69) is 5.43 Å². The van der Waals surface area contributed by atoms with Gasteiger partial charge in [-0.15, -0.1) is 11.8 Å². The van der Waals surface area contributed by atoms with E-state index in [1.54, 1.807) is 31.2 Å². The van der Waals surface area contributed by atoms with Gasteiger partial charge in [-0.2, -0.15) is 0 Å². The average Bonchev–Trinajstić information content (AvgIpc) is 3.34. The predicted molar refractivity (Wildman–Crippen MR) is 135 cm³/mol. The lowest BCUT2D eigenvalue weighted by atomic mass is 10.1. The third kappa shape index (κ3) is 5.11. The van der Waals surface area contributed by atoms with Gasteiger partial charge in [-0.05, 0) is 56.7 Å². The summed E-state index contributed by atoms with van der Waals surface area (Å²) in [5.41, 5.74) is 5.70. The predicted octanol–water partition coefficient (Wildman–Crippen LogP) is 4.48. The lowest BCUT2D eigenvalue weighted by molar-refractivity contribution is -0.140. The van der Waals surface area contributed by atoms with Gasteiger partial charge < -0.3 is 14.0 Å². The first-order valence-electron chi connectivity index (χ1n) is 11.2. The standard InChI is InChI=1S/C25H26ClN3O5S/c1-4-28-15(3)23(25(32)33-5-2)19-12-18(10-11-20(19)28)34-13-21(30)27-29-22(31)14-35-24(29)16-6-8-17(26)9-7-16/h6-12,24H,4-5,13-14H2,1-3H3,(H,27,30)/t24-/m1/s1. The minimum absolute atomic E-state index is 0.194. The summed E-state index contributed by atoms with van der Waals surface area (Å²) >= 11 is 7.38. The molecule has 2 amide bonds. The molecule has 1 saturated heterocycles. The van der Waals surface area contributed by atoms with Gasteiger partial charge in [0.15, 0.2) is 6.61 Å². The summed E-state index contributed by atoms with van der Waals surface area (Å²) in [6.07, 6.45) is 0. The molecule has 0 spiro atoms. The Morgan fingerprint density at radius 3 is 2.60 bits per heavy atom. The van der Waals surface area contributed by atoms with E-state index in [-0.39, 0.29) is 30.2 Å².